The fourth-order valence-electron chi connectivity index (χ4n) is 4.19. The molecule has 2 aromatic heterocycles. The molecule has 0 amide bonds. The standard InChI is InChI=1S/C19H20BF2N3O/c1-11-8-13(3)24-18(11)17(16-7-6-15(26-5)10-23-16)19-12(2)9-14(4)25(19)20(24,21)22/h6-10H,1-5H3. The number of methoxy groups -OCH3 is 1. The van der Waals surface area contributed by atoms with E-state index in [1.54, 1.807) is 33.2 Å². The van der Waals surface area contributed by atoms with Crippen LogP contribution in [0.5, 0.6) is 5.75 Å². The number of fused-ring (bicyclic) bond motifs is 2. The summed E-state index contributed by atoms with van der Waals surface area (Å²) in [6, 6.07) is 5.44. The average Bonchev–Trinajstić information content (AvgIpc) is 3.05. The zero-order chi connectivity index (χ0) is 18.8. The largest absolute Gasteiger partial charge is 0.737 e. The van der Waals surface area contributed by atoms with E-state index in [2.05, 4.69) is 4.98 Å². The van der Waals surface area contributed by atoms with Crippen LogP contribution in [0.3, 0.4) is 0 Å². The molecular weight excluding hydrogens is 335 g/mol. The molecule has 4 nitrogen and oxygen atoms in total. The highest BCUT2D eigenvalue weighted by Crippen LogP contribution is 2.43. The Hall–Kier alpha value is -2.70. The van der Waals surface area contributed by atoms with E-state index in [1.807, 2.05) is 32.1 Å². The van der Waals surface area contributed by atoms with Gasteiger partial charge in [-0.2, -0.15) is 0 Å². The summed E-state index contributed by atoms with van der Waals surface area (Å²) in [7, 11) is 1.57. The van der Waals surface area contributed by atoms with Gasteiger partial charge in [0.05, 0.1) is 24.6 Å². The van der Waals surface area contributed by atoms with E-state index in [-0.39, 0.29) is 0 Å². The molecule has 2 aliphatic heterocycles. The lowest BCUT2D eigenvalue weighted by atomic mass is 9.85. The normalized spacial score (nSPS) is 18.0. The van der Waals surface area contributed by atoms with Crippen molar-refractivity contribution in [1.29, 1.82) is 0 Å². The van der Waals surface area contributed by atoms with Crippen LogP contribution in [0.25, 0.3) is 5.57 Å². The molecule has 0 saturated carbocycles. The summed E-state index contributed by atoms with van der Waals surface area (Å²) in [4.78, 5) is 4.49. The topological polar surface area (TPSA) is 30.1 Å². The van der Waals surface area contributed by atoms with Crippen LogP contribution in [0.4, 0.5) is 8.63 Å². The Kier molecular flexibility index (Phi) is 3.48. The van der Waals surface area contributed by atoms with Crippen molar-refractivity contribution < 1.29 is 17.9 Å². The molecule has 134 valence electrons. The first-order valence-corrected chi connectivity index (χ1v) is 8.55. The van der Waals surface area contributed by atoms with Crippen LogP contribution in [0.2, 0.25) is 0 Å². The van der Waals surface area contributed by atoms with Gasteiger partial charge < -0.3 is 22.3 Å². The molecule has 0 N–H and O–H groups in total. The molecule has 0 atom stereocenters. The molecule has 2 aliphatic rings. The van der Waals surface area contributed by atoms with Crippen molar-refractivity contribution in [3.63, 3.8) is 0 Å². The van der Waals surface area contributed by atoms with E-state index in [1.165, 1.54) is 8.96 Å². The Labute approximate surface area is 151 Å². The lowest BCUT2D eigenvalue weighted by Gasteiger charge is -2.33. The second-order valence-electron chi connectivity index (χ2n) is 6.92. The summed E-state index contributed by atoms with van der Waals surface area (Å²) < 4.78 is 38.5. The van der Waals surface area contributed by atoms with Gasteiger partial charge in [0.1, 0.15) is 11.5 Å². The molecule has 0 bridgehead atoms. The van der Waals surface area contributed by atoms with Crippen molar-refractivity contribution >= 4 is 18.3 Å². The van der Waals surface area contributed by atoms with Gasteiger partial charge in [-0.3, -0.25) is 4.98 Å². The average molecular weight is 355 g/mol. The highest BCUT2D eigenvalue weighted by molar-refractivity contribution is 6.58. The van der Waals surface area contributed by atoms with Gasteiger partial charge in [0.25, 0.3) is 0 Å². The molecule has 0 spiro atoms. The molecule has 7 heteroatoms. The third-order valence-electron chi connectivity index (χ3n) is 5.16. The van der Waals surface area contributed by atoms with Crippen LogP contribution in [-0.4, -0.2) is 33.7 Å². The lowest BCUT2D eigenvalue weighted by Crippen LogP contribution is -2.51. The van der Waals surface area contributed by atoms with Gasteiger partial charge >= 0.3 is 6.97 Å². The first-order valence-electron chi connectivity index (χ1n) is 8.55. The molecule has 0 aromatic carbocycles. The van der Waals surface area contributed by atoms with E-state index in [0.29, 0.717) is 34.2 Å². The van der Waals surface area contributed by atoms with Gasteiger partial charge in [-0.05, 0) is 50.2 Å². The summed E-state index contributed by atoms with van der Waals surface area (Å²) in [5, 5.41) is 0. The summed E-state index contributed by atoms with van der Waals surface area (Å²) in [6.07, 6.45) is 3.43. The van der Waals surface area contributed by atoms with Gasteiger partial charge in [0.2, 0.25) is 0 Å². The Morgan fingerprint density at radius 3 is 2.50 bits per heavy atom. The molecule has 0 radical (unpaired) electrons. The molecule has 0 aliphatic carbocycles. The fourth-order valence-corrected chi connectivity index (χ4v) is 4.19. The monoisotopic (exact) mass is 355 g/mol. The molecule has 2 aromatic rings. The van der Waals surface area contributed by atoms with E-state index in [4.69, 9.17) is 4.74 Å². The highest BCUT2D eigenvalue weighted by atomic mass is 19.2. The number of rotatable bonds is 2. The minimum absolute atomic E-state index is 0.541. The second kappa shape index (κ2) is 5.40. The summed E-state index contributed by atoms with van der Waals surface area (Å²) in [6.45, 7) is 3.24. The van der Waals surface area contributed by atoms with Crippen LogP contribution in [-0.2, 0) is 0 Å². The first-order chi connectivity index (χ1) is 12.3. The molecule has 0 saturated heterocycles. The maximum absolute atomic E-state index is 15.5. The number of ether oxygens (including phenoxy) is 1. The number of hydrogen-bond acceptors (Lipinski definition) is 2. The van der Waals surface area contributed by atoms with E-state index < -0.39 is 6.97 Å². The van der Waals surface area contributed by atoms with Gasteiger partial charge in [0.15, 0.2) is 5.70 Å². The van der Waals surface area contributed by atoms with E-state index in [9.17, 15) is 0 Å². The van der Waals surface area contributed by atoms with Crippen LogP contribution in [0, 0.1) is 13.8 Å². The molecule has 4 heterocycles. The number of pyridine rings is 1. The number of nitrogens with zero attached hydrogens (tertiary/aromatic N) is 3. The third-order valence-corrected chi connectivity index (χ3v) is 5.16. The van der Waals surface area contributed by atoms with Crippen molar-refractivity contribution in [1.82, 2.24) is 9.46 Å². The minimum atomic E-state index is -3.95. The number of aryl methyl sites for hydroxylation is 2. The lowest BCUT2D eigenvalue weighted by molar-refractivity contribution is -0.363. The van der Waals surface area contributed by atoms with Crippen molar-refractivity contribution in [2.75, 3.05) is 7.11 Å². The smallest absolute Gasteiger partial charge is 0.495 e. The van der Waals surface area contributed by atoms with Crippen molar-refractivity contribution in [3.8, 4) is 5.75 Å². The minimum Gasteiger partial charge on any atom is -0.495 e. The second-order valence-corrected chi connectivity index (χ2v) is 6.92. The third kappa shape index (κ3) is 2.06. The number of allylic oxidation sites excluding steroid dienone is 2. The molecule has 0 unspecified atom stereocenters. The molecular formula is C19H20BF2N3O. The van der Waals surface area contributed by atoms with Crippen LogP contribution >= 0.6 is 0 Å². The van der Waals surface area contributed by atoms with Crippen molar-refractivity contribution in [2.24, 2.45) is 0 Å². The molecule has 0 fully saturated rings. The van der Waals surface area contributed by atoms with Crippen LogP contribution in [0.15, 0.2) is 41.7 Å². The Balaban J connectivity index is 2.12. The quantitative estimate of drug-likeness (QED) is 0.764. The van der Waals surface area contributed by atoms with Crippen LogP contribution in [0.1, 0.15) is 36.5 Å². The van der Waals surface area contributed by atoms with Crippen molar-refractivity contribution in [2.45, 2.75) is 27.7 Å². The Morgan fingerprint density at radius 2 is 1.88 bits per heavy atom. The number of hydrogen-bond donors (Lipinski definition) is 0. The SMILES string of the molecule is COc1ccc(C2=C3C(C)=CC(C)=[N+]3[B-](F)(F)n3c(C)cc(C)c32)nc1. The molecule has 4 rings (SSSR count). The Bertz CT molecular complexity index is 1030. The summed E-state index contributed by atoms with van der Waals surface area (Å²) in [5.74, 6) is 0.631. The van der Waals surface area contributed by atoms with Gasteiger partial charge in [-0.1, -0.05) is 0 Å². The fraction of sp³-hybridized carbons (Fsp3) is 0.263. The zero-order valence-electron chi connectivity index (χ0n) is 15.5. The Morgan fingerprint density at radius 1 is 1.15 bits per heavy atom. The van der Waals surface area contributed by atoms with E-state index >= 15 is 8.63 Å². The van der Waals surface area contributed by atoms with Gasteiger partial charge in [-0.25, -0.2) is 0 Å². The zero-order valence-corrected chi connectivity index (χ0v) is 15.5. The maximum atomic E-state index is 15.5. The van der Waals surface area contributed by atoms with Gasteiger partial charge in [-0.15, -0.1) is 0 Å². The van der Waals surface area contributed by atoms with Crippen LogP contribution < -0.4 is 4.74 Å². The van der Waals surface area contributed by atoms with Crippen molar-refractivity contribution in [3.05, 3.63) is 64.4 Å². The maximum Gasteiger partial charge on any atom is 0.737 e. The highest BCUT2D eigenvalue weighted by Gasteiger charge is 2.55. The number of aromatic nitrogens is 2. The van der Waals surface area contributed by atoms with E-state index in [0.717, 1.165) is 16.7 Å². The predicted molar refractivity (Wildman–Crippen MR) is 98.8 cm³/mol. The van der Waals surface area contributed by atoms with Gasteiger partial charge in [0, 0.05) is 24.3 Å². The summed E-state index contributed by atoms with van der Waals surface area (Å²) >= 11 is 0. The first kappa shape index (κ1) is 16.8. The summed E-state index contributed by atoms with van der Waals surface area (Å²) in [5.41, 5.74) is 5.20. The number of halogens is 2. The molecule has 26 heavy (non-hydrogen) atoms. The predicted octanol–water partition coefficient (Wildman–Crippen LogP) is 3.94.